The van der Waals surface area contributed by atoms with Gasteiger partial charge in [-0.05, 0) is 30.9 Å². The predicted octanol–water partition coefficient (Wildman–Crippen LogP) is 3.97. The van der Waals surface area contributed by atoms with Gasteiger partial charge in [-0.15, -0.1) is 0 Å². The number of hydrogen-bond acceptors (Lipinski definition) is 4. The Morgan fingerprint density at radius 1 is 1.28 bits per heavy atom. The zero-order valence-electron chi connectivity index (χ0n) is 15.1. The molecular formula is C19H25N3O2S. The first-order valence-corrected chi connectivity index (χ1v) is 9.45. The molecule has 25 heavy (non-hydrogen) atoms. The average molecular weight is 359 g/mol. The zero-order chi connectivity index (χ0) is 18.4. The van der Waals surface area contributed by atoms with Crippen LogP contribution in [0.1, 0.15) is 51.3 Å². The molecule has 0 saturated heterocycles. The van der Waals surface area contributed by atoms with E-state index >= 15 is 0 Å². The summed E-state index contributed by atoms with van der Waals surface area (Å²) >= 11 is 1.26. The second-order valence-electron chi connectivity index (χ2n) is 6.28. The van der Waals surface area contributed by atoms with Crippen LogP contribution in [0.15, 0.2) is 40.3 Å². The van der Waals surface area contributed by atoms with Crippen LogP contribution in [-0.2, 0) is 11.2 Å². The van der Waals surface area contributed by atoms with Crippen LogP contribution in [0.5, 0.6) is 0 Å². The van der Waals surface area contributed by atoms with Gasteiger partial charge >= 0.3 is 0 Å². The molecule has 0 aliphatic carbocycles. The summed E-state index contributed by atoms with van der Waals surface area (Å²) in [5, 5.41) is 3.09. The molecule has 0 bridgehead atoms. The molecule has 134 valence electrons. The van der Waals surface area contributed by atoms with E-state index in [1.54, 1.807) is 0 Å². The first-order valence-electron chi connectivity index (χ1n) is 8.57. The topological polar surface area (TPSA) is 74.8 Å². The highest BCUT2D eigenvalue weighted by molar-refractivity contribution is 8.00. The Kier molecular flexibility index (Phi) is 6.82. The Hall–Kier alpha value is -2.08. The summed E-state index contributed by atoms with van der Waals surface area (Å²) in [6.45, 7) is 8.04. The van der Waals surface area contributed by atoms with Crippen molar-refractivity contribution in [2.75, 3.05) is 5.32 Å². The summed E-state index contributed by atoms with van der Waals surface area (Å²) in [7, 11) is 0. The average Bonchev–Trinajstić information content (AvgIpc) is 2.54. The number of hydrogen-bond donors (Lipinski definition) is 2. The SMILES string of the molecule is CCCc1cc(=O)[nH]c(SC(C)C(=O)Nc2ccccc2C(C)C)n1. The fraction of sp³-hybridized carbons (Fsp3) is 0.421. The molecule has 1 unspecified atom stereocenters. The summed E-state index contributed by atoms with van der Waals surface area (Å²) < 4.78 is 0. The third kappa shape index (κ3) is 5.46. The fourth-order valence-corrected chi connectivity index (χ4v) is 3.32. The smallest absolute Gasteiger partial charge is 0.251 e. The Balaban J connectivity index is 2.10. The van der Waals surface area contributed by atoms with Crippen molar-refractivity contribution in [2.45, 2.75) is 56.9 Å². The van der Waals surface area contributed by atoms with Crippen LogP contribution < -0.4 is 10.9 Å². The number of amides is 1. The summed E-state index contributed by atoms with van der Waals surface area (Å²) in [5.74, 6) is 0.213. The summed E-state index contributed by atoms with van der Waals surface area (Å²) in [6.07, 6.45) is 1.67. The fourth-order valence-electron chi connectivity index (χ4n) is 2.49. The van der Waals surface area contributed by atoms with Crippen LogP contribution in [-0.4, -0.2) is 21.1 Å². The molecule has 2 rings (SSSR count). The lowest BCUT2D eigenvalue weighted by Gasteiger charge is -2.16. The monoisotopic (exact) mass is 359 g/mol. The van der Waals surface area contributed by atoms with Gasteiger partial charge in [0.15, 0.2) is 5.16 Å². The normalized spacial score (nSPS) is 12.2. The molecule has 1 heterocycles. The van der Waals surface area contributed by atoms with Crippen molar-refractivity contribution in [3.8, 4) is 0 Å². The third-order valence-corrected chi connectivity index (χ3v) is 4.76. The van der Waals surface area contributed by atoms with Gasteiger partial charge in [0.1, 0.15) is 0 Å². The Labute approximate surface area is 152 Å². The van der Waals surface area contributed by atoms with Crippen LogP contribution in [0.2, 0.25) is 0 Å². The van der Waals surface area contributed by atoms with Gasteiger partial charge in [0, 0.05) is 17.4 Å². The lowest BCUT2D eigenvalue weighted by Crippen LogP contribution is -2.24. The van der Waals surface area contributed by atoms with E-state index < -0.39 is 0 Å². The number of aromatic amines is 1. The van der Waals surface area contributed by atoms with Gasteiger partial charge in [-0.3, -0.25) is 9.59 Å². The van der Waals surface area contributed by atoms with Gasteiger partial charge in [-0.25, -0.2) is 4.98 Å². The van der Waals surface area contributed by atoms with Gasteiger partial charge in [0.25, 0.3) is 5.56 Å². The van der Waals surface area contributed by atoms with Crippen molar-refractivity contribution in [1.82, 2.24) is 9.97 Å². The van der Waals surface area contributed by atoms with Crippen LogP contribution in [0.4, 0.5) is 5.69 Å². The molecule has 2 aromatic rings. The molecule has 0 radical (unpaired) electrons. The number of benzene rings is 1. The van der Waals surface area contributed by atoms with Crippen LogP contribution in [0, 0.1) is 0 Å². The Morgan fingerprint density at radius 2 is 2.00 bits per heavy atom. The second kappa shape index (κ2) is 8.85. The molecule has 0 aliphatic heterocycles. The summed E-state index contributed by atoms with van der Waals surface area (Å²) in [6, 6.07) is 9.32. The number of nitrogens with one attached hydrogen (secondary N) is 2. The number of aryl methyl sites for hydroxylation is 1. The van der Waals surface area contributed by atoms with Crippen LogP contribution in [0.3, 0.4) is 0 Å². The molecule has 1 aromatic heterocycles. The van der Waals surface area contributed by atoms with Gasteiger partial charge in [-0.2, -0.15) is 0 Å². The van der Waals surface area contributed by atoms with Gasteiger partial charge in [-0.1, -0.05) is 57.2 Å². The molecule has 5 nitrogen and oxygen atoms in total. The summed E-state index contributed by atoms with van der Waals surface area (Å²) in [5.41, 5.74) is 2.51. The number of anilines is 1. The molecule has 1 amide bonds. The number of aromatic nitrogens is 2. The maximum Gasteiger partial charge on any atom is 0.251 e. The van der Waals surface area contributed by atoms with E-state index in [-0.39, 0.29) is 16.7 Å². The van der Waals surface area contributed by atoms with E-state index in [9.17, 15) is 9.59 Å². The minimum absolute atomic E-state index is 0.110. The molecule has 0 fully saturated rings. The van der Waals surface area contributed by atoms with Crippen molar-refractivity contribution >= 4 is 23.4 Å². The van der Waals surface area contributed by atoms with E-state index in [2.05, 4.69) is 29.1 Å². The molecule has 0 spiro atoms. The highest BCUT2D eigenvalue weighted by atomic mass is 32.2. The van der Waals surface area contributed by atoms with Crippen molar-refractivity contribution in [3.63, 3.8) is 0 Å². The first-order chi connectivity index (χ1) is 11.9. The zero-order valence-corrected chi connectivity index (χ0v) is 15.9. The van der Waals surface area contributed by atoms with E-state index in [4.69, 9.17) is 0 Å². The molecule has 1 atom stereocenters. The van der Waals surface area contributed by atoms with Crippen LogP contribution >= 0.6 is 11.8 Å². The molecular weight excluding hydrogens is 334 g/mol. The minimum atomic E-state index is -0.375. The van der Waals surface area contributed by atoms with E-state index in [1.165, 1.54) is 17.8 Å². The van der Waals surface area contributed by atoms with Gasteiger partial charge in [0.2, 0.25) is 5.91 Å². The standard InChI is InChI=1S/C19H25N3O2S/c1-5-8-14-11-17(23)22-19(20-14)25-13(4)18(24)21-16-10-7-6-9-15(16)12(2)3/h6-7,9-13H,5,8H2,1-4H3,(H,21,24)(H,20,22,23). The van der Waals surface area contributed by atoms with Gasteiger partial charge in [0.05, 0.1) is 5.25 Å². The number of H-pyrrole nitrogens is 1. The first kappa shape index (κ1) is 19.2. The highest BCUT2D eigenvalue weighted by Crippen LogP contribution is 2.25. The quantitative estimate of drug-likeness (QED) is 0.579. The predicted molar refractivity (Wildman–Crippen MR) is 103 cm³/mol. The van der Waals surface area contributed by atoms with E-state index in [0.29, 0.717) is 11.1 Å². The number of rotatable bonds is 7. The lowest BCUT2D eigenvalue weighted by atomic mass is 10.0. The molecule has 1 aromatic carbocycles. The van der Waals surface area contributed by atoms with Crippen molar-refractivity contribution < 1.29 is 4.79 Å². The largest absolute Gasteiger partial charge is 0.325 e. The van der Waals surface area contributed by atoms with Crippen molar-refractivity contribution in [2.24, 2.45) is 0 Å². The molecule has 6 heteroatoms. The number of nitrogens with zero attached hydrogens (tertiary/aromatic N) is 1. The van der Waals surface area contributed by atoms with Crippen molar-refractivity contribution in [3.05, 3.63) is 51.9 Å². The van der Waals surface area contributed by atoms with E-state index in [0.717, 1.165) is 29.8 Å². The number of carbonyl (C=O) groups excluding carboxylic acids is 1. The minimum Gasteiger partial charge on any atom is -0.325 e. The van der Waals surface area contributed by atoms with Crippen LogP contribution in [0.25, 0.3) is 0 Å². The lowest BCUT2D eigenvalue weighted by molar-refractivity contribution is -0.115. The highest BCUT2D eigenvalue weighted by Gasteiger charge is 2.18. The number of para-hydroxylation sites is 1. The van der Waals surface area contributed by atoms with Crippen molar-refractivity contribution in [1.29, 1.82) is 0 Å². The number of carbonyl (C=O) groups is 1. The number of thioether (sulfide) groups is 1. The third-order valence-electron chi connectivity index (χ3n) is 3.78. The Bertz CT molecular complexity index is 786. The summed E-state index contributed by atoms with van der Waals surface area (Å²) in [4.78, 5) is 31.4. The molecule has 2 N–H and O–H groups in total. The maximum atomic E-state index is 12.5. The molecule has 0 aliphatic rings. The Morgan fingerprint density at radius 3 is 2.68 bits per heavy atom. The molecule has 0 saturated carbocycles. The second-order valence-corrected chi connectivity index (χ2v) is 7.61. The van der Waals surface area contributed by atoms with E-state index in [1.807, 2.05) is 38.1 Å². The maximum absolute atomic E-state index is 12.5. The van der Waals surface area contributed by atoms with Gasteiger partial charge < -0.3 is 10.3 Å².